The molecule has 0 aromatic carbocycles. The van der Waals surface area contributed by atoms with Gasteiger partial charge in [0.05, 0.1) is 0 Å². The Morgan fingerprint density at radius 2 is 2.57 bits per heavy atom. The molecule has 7 heavy (non-hydrogen) atoms. The van der Waals surface area contributed by atoms with Crippen molar-refractivity contribution in [1.29, 1.82) is 0 Å². The van der Waals surface area contributed by atoms with E-state index in [4.69, 9.17) is 11.5 Å². The number of nitrogens with two attached hydrogens (primary N) is 1. The summed E-state index contributed by atoms with van der Waals surface area (Å²) in [5, 5.41) is 8.42. The van der Waals surface area contributed by atoms with Gasteiger partial charge in [-0.05, 0) is 0 Å². The molecule has 1 atom stereocenters. The minimum absolute atomic E-state index is 0.00347. The summed E-state index contributed by atoms with van der Waals surface area (Å²) in [6.07, 6.45) is 3.85. The van der Waals surface area contributed by atoms with Gasteiger partial charge >= 0.3 is 0 Å². The third kappa shape index (κ3) is 3.27. The second-order valence-corrected chi connectivity index (χ2v) is 1.02. The second-order valence-electron chi connectivity index (χ2n) is 1.02. The molecular formula is C4H7NO2. The van der Waals surface area contributed by atoms with Gasteiger partial charge in [0.25, 0.3) is 0 Å². The lowest BCUT2D eigenvalue weighted by Gasteiger charge is -1.96. The molecule has 3 N–H and O–H groups in total. The van der Waals surface area contributed by atoms with E-state index in [-0.39, 0.29) is 6.61 Å². The van der Waals surface area contributed by atoms with Crippen LogP contribution in [0.15, 0.2) is 0 Å². The van der Waals surface area contributed by atoms with Gasteiger partial charge in [-0.25, -0.2) is 5.90 Å². The first-order valence-electron chi connectivity index (χ1n) is 1.77. The first-order valence-corrected chi connectivity index (χ1v) is 1.77. The first kappa shape index (κ1) is 6.44. The van der Waals surface area contributed by atoms with E-state index < -0.39 is 6.10 Å². The molecule has 3 nitrogen and oxygen atoms in total. The number of aliphatic hydroxyl groups is 1. The Morgan fingerprint density at radius 1 is 2.00 bits per heavy atom. The third-order valence-electron chi connectivity index (χ3n) is 0.446. The maximum atomic E-state index is 8.42. The van der Waals surface area contributed by atoms with Crippen molar-refractivity contribution in [1.82, 2.24) is 0 Å². The molecule has 0 bridgehead atoms. The fourth-order valence-electron chi connectivity index (χ4n) is 0.139. The molecule has 3 heteroatoms. The lowest BCUT2D eigenvalue weighted by Crippen LogP contribution is -2.15. The molecule has 0 saturated heterocycles. The van der Waals surface area contributed by atoms with E-state index in [1.807, 2.05) is 5.92 Å². The summed E-state index contributed by atoms with van der Waals surface area (Å²) in [4.78, 5) is 4.00. The molecule has 40 valence electrons. The summed E-state index contributed by atoms with van der Waals surface area (Å²) in [6.45, 7) is -0.00347. The van der Waals surface area contributed by atoms with Gasteiger partial charge in [-0.3, -0.25) is 0 Å². The summed E-state index contributed by atoms with van der Waals surface area (Å²) in [5.41, 5.74) is 0. The van der Waals surface area contributed by atoms with E-state index >= 15 is 0 Å². The van der Waals surface area contributed by atoms with Crippen molar-refractivity contribution in [2.75, 3.05) is 6.61 Å². The molecule has 0 amide bonds. The molecule has 0 aliphatic carbocycles. The van der Waals surface area contributed by atoms with Gasteiger partial charge in [-0.2, -0.15) is 0 Å². The minimum Gasteiger partial charge on any atom is -0.378 e. The Kier molecular flexibility index (Phi) is 3.33. The monoisotopic (exact) mass is 101 g/mol. The van der Waals surface area contributed by atoms with Crippen LogP contribution in [0.2, 0.25) is 0 Å². The number of hydrogen-bond donors (Lipinski definition) is 2. The maximum absolute atomic E-state index is 8.42. The van der Waals surface area contributed by atoms with E-state index in [1.165, 1.54) is 0 Å². The number of aliphatic hydroxyl groups excluding tert-OH is 1. The molecule has 0 aromatic rings. The lowest BCUT2D eigenvalue weighted by molar-refractivity contribution is 0.0645. The fourth-order valence-corrected chi connectivity index (χ4v) is 0.139. The van der Waals surface area contributed by atoms with Crippen LogP contribution in [-0.2, 0) is 4.84 Å². The van der Waals surface area contributed by atoms with Gasteiger partial charge in [-0.15, -0.1) is 6.42 Å². The minimum atomic E-state index is -0.870. The van der Waals surface area contributed by atoms with Crippen molar-refractivity contribution in [3.63, 3.8) is 0 Å². The maximum Gasteiger partial charge on any atom is 0.139 e. The van der Waals surface area contributed by atoms with Crippen LogP contribution < -0.4 is 5.90 Å². The molecular weight excluding hydrogens is 94.0 g/mol. The van der Waals surface area contributed by atoms with Crippen LogP contribution >= 0.6 is 0 Å². The van der Waals surface area contributed by atoms with Crippen molar-refractivity contribution in [2.24, 2.45) is 5.90 Å². The van der Waals surface area contributed by atoms with E-state index in [1.54, 1.807) is 0 Å². The molecule has 0 saturated carbocycles. The topological polar surface area (TPSA) is 55.5 Å². The van der Waals surface area contributed by atoms with E-state index in [0.29, 0.717) is 0 Å². The van der Waals surface area contributed by atoms with Crippen molar-refractivity contribution in [2.45, 2.75) is 6.10 Å². The highest BCUT2D eigenvalue weighted by atomic mass is 16.6. The number of rotatable bonds is 2. The molecule has 0 aliphatic heterocycles. The van der Waals surface area contributed by atoms with Crippen LogP contribution in [0.25, 0.3) is 0 Å². The van der Waals surface area contributed by atoms with Crippen LogP contribution in [0.1, 0.15) is 0 Å². The Balaban J connectivity index is 3.04. The summed E-state index contributed by atoms with van der Waals surface area (Å²) < 4.78 is 0. The summed E-state index contributed by atoms with van der Waals surface area (Å²) in [7, 11) is 0. The van der Waals surface area contributed by atoms with Crippen molar-refractivity contribution in [3.05, 3.63) is 0 Å². The summed E-state index contributed by atoms with van der Waals surface area (Å²) >= 11 is 0. The van der Waals surface area contributed by atoms with Crippen molar-refractivity contribution in [3.8, 4) is 12.3 Å². The SMILES string of the molecule is C#C[C@H](O)CON. The van der Waals surface area contributed by atoms with Gasteiger partial charge in [0.15, 0.2) is 0 Å². The second kappa shape index (κ2) is 3.62. The molecule has 0 radical (unpaired) electrons. The Hall–Kier alpha value is -0.560. The molecule has 0 aromatic heterocycles. The summed E-state index contributed by atoms with van der Waals surface area (Å²) in [5.74, 6) is 6.57. The quantitative estimate of drug-likeness (QED) is 0.342. The average Bonchev–Trinajstić information content (AvgIpc) is 1.68. The smallest absolute Gasteiger partial charge is 0.139 e. The van der Waals surface area contributed by atoms with Crippen LogP contribution in [0.4, 0.5) is 0 Å². The highest BCUT2D eigenvalue weighted by molar-refractivity contribution is 4.92. The van der Waals surface area contributed by atoms with Gasteiger partial charge < -0.3 is 9.94 Å². The third-order valence-corrected chi connectivity index (χ3v) is 0.446. The summed E-state index contributed by atoms with van der Waals surface area (Å²) in [6, 6.07) is 0. The Bertz CT molecular complexity index is 76.2. The predicted octanol–water partition coefficient (Wildman–Crippen LogP) is -1.13. The highest BCUT2D eigenvalue weighted by Crippen LogP contribution is 1.74. The Morgan fingerprint density at radius 3 is 2.71 bits per heavy atom. The van der Waals surface area contributed by atoms with Gasteiger partial charge in [0.1, 0.15) is 12.7 Å². The number of terminal acetylenes is 1. The van der Waals surface area contributed by atoms with Crippen LogP contribution in [0, 0.1) is 12.3 Å². The molecule has 0 rings (SSSR count). The van der Waals surface area contributed by atoms with Crippen molar-refractivity contribution >= 4 is 0 Å². The number of hydrogen-bond acceptors (Lipinski definition) is 3. The molecule has 0 unspecified atom stereocenters. The molecule has 0 heterocycles. The normalized spacial score (nSPS) is 12.7. The van der Waals surface area contributed by atoms with Gasteiger partial charge in [0, 0.05) is 0 Å². The van der Waals surface area contributed by atoms with Crippen LogP contribution in [0.3, 0.4) is 0 Å². The van der Waals surface area contributed by atoms with Crippen LogP contribution in [0.5, 0.6) is 0 Å². The molecule has 0 spiro atoms. The predicted molar refractivity (Wildman–Crippen MR) is 25.0 cm³/mol. The zero-order chi connectivity index (χ0) is 5.70. The lowest BCUT2D eigenvalue weighted by atomic mass is 10.4. The zero-order valence-corrected chi connectivity index (χ0v) is 3.79. The highest BCUT2D eigenvalue weighted by Gasteiger charge is 1.92. The largest absolute Gasteiger partial charge is 0.378 e. The average molecular weight is 101 g/mol. The fraction of sp³-hybridized carbons (Fsp3) is 0.500. The van der Waals surface area contributed by atoms with E-state index in [0.717, 1.165) is 0 Å². The standard InChI is InChI=1S/C4H7NO2/c1-2-4(6)3-7-5/h1,4,6H,3,5H2/t4-/m0/s1. The molecule has 0 aliphatic rings. The van der Waals surface area contributed by atoms with Gasteiger partial charge in [-0.1, -0.05) is 5.92 Å². The van der Waals surface area contributed by atoms with Crippen molar-refractivity contribution < 1.29 is 9.94 Å². The zero-order valence-electron chi connectivity index (χ0n) is 3.79. The van der Waals surface area contributed by atoms with E-state index in [2.05, 4.69) is 10.7 Å². The Labute approximate surface area is 42.0 Å². The molecule has 0 fully saturated rings. The van der Waals surface area contributed by atoms with E-state index in [9.17, 15) is 0 Å². The first-order chi connectivity index (χ1) is 3.31. The van der Waals surface area contributed by atoms with Crippen LogP contribution in [-0.4, -0.2) is 17.8 Å². The van der Waals surface area contributed by atoms with Gasteiger partial charge in [0.2, 0.25) is 0 Å².